The maximum absolute atomic E-state index is 12.2. The van der Waals surface area contributed by atoms with E-state index in [1.807, 2.05) is 32.2 Å². The Morgan fingerprint density at radius 1 is 1.09 bits per heavy atom. The molecule has 0 aliphatic rings. The predicted molar refractivity (Wildman–Crippen MR) is 98.9 cm³/mol. The van der Waals surface area contributed by atoms with Crippen molar-refractivity contribution in [3.8, 4) is 0 Å². The van der Waals surface area contributed by atoms with E-state index in [9.17, 15) is 4.79 Å². The average molecular weight is 376 g/mol. The minimum Gasteiger partial charge on any atom is -0.326 e. The van der Waals surface area contributed by atoms with Gasteiger partial charge in [0, 0.05) is 15.7 Å². The number of carbonyl (C=O) groups is 1. The Morgan fingerprint density at radius 2 is 1.83 bits per heavy atom. The quantitative estimate of drug-likeness (QED) is 0.827. The van der Waals surface area contributed by atoms with Crippen molar-refractivity contribution in [2.24, 2.45) is 0 Å². The van der Waals surface area contributed by atoms with Crippen LogP contribution in [0.3, 0.4) is 0 Å². The first-order chi connectivity index (χ1) is 10.8. The molecule has 23 heavy (non-hydrogen) atoms. The predicted octanol–water partition coefficient (Wildman–Crippen LogP) is 3.03. The topological polar surface area (TPSA) is 33.5 Å². The number of anilines is 1. The first-order valence-electron chi connectivity index (χ1n) is 7.78. The fourth-order valence-corrected chi connectivity index (χ4v) is 3.14. The fraction of sp³-hybridized carbons (Fsp3) is 0.316. The standard InChI is InChI=1S/C19H23BrN2O/c1-13-5-6-16(14(2)9-13)11-22(4)12-19(23)21-18-8-7-17(20)10-15(18)3/h5-10H,11-12H2,1-4H3,(H,21,23)/p+1. The van der Waals surface area contributed by atoms with Crippen LogP contribution in [-0.4, -0.2) is 19.5 Å². The van der Waals surface area contributed by atoms with Gasteiger partial charge in [-0.15, -0.1) is 0 Å². The summed E-state index contributed by atoms with van der Waals surface area (Å²) in [5.74, 6) is 0.0395. The van der Waals surface area contributed by atoms with E-state index in [0.717, 1.165) is 22.3 Å². The molecule has 1 atom stereocenters. The maximum atomic E-state index is 12.2. The minimum atomic E-state index is 0.0395. The van der Waals surface area contributed by atoms with Crippen molar-refractivity contribution in [1.82, 2.24) is 0 Å². The van der Waals surface area contributed by atoms with Gasteiger partial charge in [0.15, 0.2) is 6.54 Å². The molecule has 122 valence electrons. The third-order valence-electron chi connectivity index (χ3n) is 3.92. The average Bonchev–Trinajstić information content (AvgIpc) is 2.45. The van der Waals surface area contributed by atoms with Gasteiger partial charge in [0.1, 0.15) is 6.54 Å². The van der Waals surface area contributed by atoms with E-state index in [0.29, 0.717) is 6.54 Å². The number of halogens is 1. The zero-order valence-corrected chi connectivity index (χ0v) is 15.8. The molecule has 1 unspecified atom stereocenters. The van der Waals surface area contributed by atoms with Gasteiger partial charge in [0.05, 0.1) is 7.05 Å². The highest BCUT2D eigenvalue weighted by Gasteiger charge is 2.13. The molecule has 2 rings (SSSR count). The number of benzene rings is 2. The summed E-state index contributed by atoms with van der Waals surface area (Å²) in [6.07, 6.45) is 0. The summed E-state index contributed by atoms with van der Waals surface area (Å²) < 4.78 is 1.02. The molecule has 0 saturated carbocycles. The van der Waals surface area contributed by atoms with E-state index >= 15 is 0 Å². The van der Waals surface area contributed by atoms with Crippen LogP contribution in [0.25, 0.3) is 0 Å². The summed E-state index contributed by atoms with van der Waals surface area (Å²) in [5.41, 5.74) is 5.78. The van der Waals surface area contributed by atoms with Gasteiger partial charge in [-0.05, 0) is 50.1 Å². The summed E-state index contributed by atoms with van der Waals surface area (Å²) in [4.78, 5) is 13.4. The van der Waals surface area contributed by atoms with Crippen LogP contribution in [0.1, 0.15) is 22.3 Å². The highest BCUT2D eigenvalue weighted by atomic mass is 79.9. The fourth-order valence-electron chi connectivity index (χ4n) is 2.67. The number of carbonyl (C=O) groups excluding carboxylic acids is 1. The largest absolute Gasteiger partial charge is 0.326 e. The monoisotopic (exact) mass is 375 g/mol. The smallest absolute Gasteiger partial charge is 0.279 e. The maximum Gasteiger partial charge on any atom is 0.279 e. The molecule has 3 nitrogen and oxygen atoms in total. The van der Waals surface area contributed by atoms with E-state index in [1.165, 1.54) is 21.6 Å². The molecule has 0 fully saturated rings. The van der Waals surface area contributed by atoms with E-state index in [4.69, 9.17) is 0 Å². The van der Waals surface area contributed by atoms with Crippen molar-refractivity contribution < 1.29 is 9.69 Å². The Morgan fingerprint density at radius 3 is 2.48 bits per heavy atom. The van der Waals surface area contributed by atoms with Crippen molar-refractivity contribution in [3.63, 3.8) is 0 Å². The van der Waals surface area contributed by atoms with Gasteiger partial charge in [-0.3, -0.25) is 4.79 Å². The Hall–Kier alpha value is -1.65. The van der Waals surface area contributed by atoms with Gasteiger partial charge in [-0.1, -0.05) is 39.7 Å². The molecule has 0 aliphatic heterocycles. The van der Waals surface area contributed by atoms with E-state index in [1.54, 1.807) is 0 Å². The van der Waals surface area contributed by atoms with Crippen LogP contribution in [0.4, 0.5) is 5.69 Å². The Labute approximate surface area is 146 Å². The lowest BCUT2D eigenvalue weighted by Gasteiger charge is -2.16. The molecule has 1 amide bonds. The van der Waals surface area contributed by atoms with Crippen LogP contribution >= 0.6 is 15.9 Å². The molecule has 0 aliphatic carbocycles. The molecule has 0 bridgehead atoms. The summed E-state index contributed by atoms with van der Waals surface area (Å²) in [6.45, 7) is 7.51. The molecule has 4 heteroatoms. The lowest BCUT2D eigenvalue weighted by Crippen LogP contribution is -3.08. The molecule has 0 saturated heterocycles. The number of hydrogen-bond donors (Lipinski definition) is 2. The molecule has 0 spiro atoms. The molecule has 2 aromatic carbocycles. The lowest BCUT2D eigenvalue weighted by molar-refractivity contribution is -0.885. The van der Waals surface area contributed by atoms with Crippen molar-refractivity contribution in [1.29, 1.82) is 0 Å². The zero-order chi connectivity index (χ0) is 17.0. The number of nitrogens with one attached hydrogen (secondary N) is 2. The van der Waals surface area contributed by atoms with Gasteiger partial charge < -0.3 is 10.2 Å². The number of rotatable bonds is 5. The minimum absolute atomic E-state index is 0.0395. The molecule has 0 radical (unpaired) electrons. The van der Waals surface area contributed by atoms with E-state index in [-0.39, 0.29) is 5.91 Å². The van der Waals surface area contributed by atoms with Crippen molar-refractivity contribution in [2.45, 2.75) is 27.3 Å². The van der Waals surface area contributed by atoms with Gasteiger partial charge in [-0.2, -0.15) is 0 Å². The van der Waals surface area contributed by atoms with Crippen LogP contribution in [0.5, 0.6) is 0 Å². The van der Waals surface area contributed by atoms with Crippen LogP contribution in [-0.2, 0) is 11.3 Å². The van der Waals surface area contributed by atoms with Crippen molar-refractivity contribution in [2.75, 3.05) is 18.9 Å². The lowest BCUT2D eigenvalue weighted by atomic mass is 10.1. The highest BCUT2D eigenvalue weighted by molar-refractivity contribution is 9.10. The second-order valence-corrected chi connectivity index (χ2v) is 7.16. The highest BCUT2D eigenvalue weighted by Crippen LogP contribution is 2.19. The summed E-state index contributed by atoms with van der Waals surface area (Å²) in [6, 6.07) is 12.3. The molecule has 0 aromatic heterocycles. The molecule has 2 N–H and O–H groups in total. The normalized spacial score (nSPS) is 12.0. The first-order valence-corrected chi connectivity index (χ1v) is 8.58. The Bertz CT molecular complexity index is 713. The summed E-state index contributed by atoms with van der Waals surface area (Å²) in [7, 11) is 2.05. The molecular weight excluding hydrogens is 352 g/mol. The number of likely N-dealkylation sites (N-methyl/N-ethyl adjacent to an activating group) is 1. The van der Waals surface area contributed by atoms with Crippen LogP contribution in [0.15, 0.2) is 40.9 Å². The third-order valence-corrected chi connectivity index (χ3v) is 4.41. The van der Waals surface area contributed by atoms with E-state index in [2.05, 4.69) is 53.3 Å². The number of aryl methyl sites for hydroxylation is 3. The Balaban J connectivity index is 1.94. The van der Waals surface area contributed by atoms with Gasteiger partial charge in [0.25, 0.3) is 5.91 Å². The third kappa shape index (κ3) is 5.19. The zero-order valence-electron chi connectivity index (χ0n) is 14.2. The SMILES string of the molecule is Cc1ccc(C[NH+](C)CC(=O)Nc2ccc(Br)cc2C)c(C)c1. The number of quaternary nitrogens is 1. The second-order valence-electron chi connectivity index (χ2n) is 6.25. The van der Waals surface area contributed by atoms with E-state index < -0.39 is 0 Å². The van der Waals surface area contributed by atoms with Crippen LogP contribution < -0.4 is 10.2 Å². The van der Waals surface area contributed by atoms with Crippen LogP contribution in [0, 0.1) is 20.8 Å². The molecular formula is C19H24BrN2O+. The number of amides is 1. The first kappa shape index (κ1) is 17.7. The van der Waals surface area contributed by atoms with Crippen LogP contribution in [0.2, 0.25) is 0 Å². The van der Waals surface area contributed by atoms with Gasteiger partial charge >= 0.3 is 0 Å². The summed E-state index contributed by atoms with van der Waals surface area (Å²) in [5, 5.41) is 3.00. The van der Waals surface area contributed by atoms with Crippen molar-refractivity contribution in [3.05, 3.63) is 63.1 Å². The molecule has 0 heterocycles. The Kier molecular flexibility index (Phi) is 5.97. The van der Waals surface area contributed by atoms with Gasteiger partial charge in [0.2, 0.25) is 0 Å². The second kappa shape index (κ2) is 7.75. The number of hydrogen-bond acceptors (Lipinski definition) is 1. The molecule has 2 aromatic rings. The van der Waals surface area contributed by atoms with Crippen molar-refractivity contribution >= 4 is 27.5 Å². The summed E-state index contributed by atoms with van der Waals surface area (Å²) >= 11 is 3.43. The van der Waals surface area contributed by atoms with Gasteiger partial charge in [-0.25, -0.2) is 0 Å².